The van der Waals surface area contributed by atoms with Gasteiger partial charge in [0.1, 0.15) is 13.2 Å². The van der Waals surface area contributed by atoms with Crippen LogP contribution in [0.4, 0.5) is 0 Å². The van der Waals surface area contributed by atoms with E-state index < -0.39 is 6.10 Å². The van der Waals surface area contributed by atoms with Crippen LogP contribution in [0.25, 0.3) is 0 Å². The molecular formula is C71H134O6. The first-order valence-electron chi connectivity index (χ1n) is 34.8. The summed E-state index contributed by atoms with van der Waals surface area (Å²) in [5.74, 6) is -0.841. The molecule has 6 nitrogen and oxygen atoms in total. The monoisotopic (exact) mass is 1080 g/mol. The maximum Gasteiger partial charge on any atom is 0.306 e. The Morgan fingerprint density at radius 3 is 0.727 bits per heavy atom. The van der Waals surface area contributed by atoms with E-state index in [1.54, 1.807) is 0 Å². The van der Waals surface area contributed by atoms with Crippen molar-refractivity contribution < 1.29 is 28.6 Å². The average molecular weight is 1080 g/mol. The highest BCUT2D eigenvalue weighted by atomic mass is 16.6. The molecule has 0 spiro atoms. The lowest BCUT2D eigenvalue weighted by Crippen LogP contribution is -2.30. The molecule has 77 heavy (non-hydrogen) atoms. The molecule has 0 bridgehead atoms. The van der Waals surface area contributed by atoms with Gasteiger partial charge in [-0.1, -0.05) is 347 Å². The van der Waals surface area contributed by atoms with Gasteiger partial charge < -0.3 is 14.2 Å². The van der Waals surface area contributed by atoms with Gasteiger partial charge in [-0.3, -0.25) is 14.4 Å². The highest BCUT2D eigenvalue weighted by Gasteiger charge is 2.19. The van der Waals surface area contributed by atoms with E-state index in [0.29, 0.717) is 19.3 Å². The SMILES string of the molecule is CCCCCC/C=C\C/C=C\CCCCCCCCCC(=O)OCC(COC(=O)CCCCCCCCCCCCCCCCCCCCCCC)OC(=O)CCCCCCCCCCCCCCCCCCCCCC. The van der Waals surface area contributed by atoms with Crippen molar-refractivity contribution in [1.29, 1.82) is 0 Å². The Morgan fingerprint density at radius 2 is 0.468 bits per heavy atom. The third kappa shape index (κ3) is 64.6. The van der Waals surface area contributed by atoms with E-state index >= 15 is 0 Å². The summed E-state index contributed by atoms with van der Waals surface area (Å²) in [6.07, 6.45) is 80.5. The molecule has 0 aromatic carbocycles. The zero-order valence-electron chi connectivity index (χ0n) is 52.3. The van der Waals surface area contributed by atoms with Gasteiger partial charge in [0.05, 0.1) is 0 Å². The van der Waals surface area contributed by atoms with Crippen LogP contribution in [0.3, 0.4) is 0 Å². The summed E-state index contributed by atoms with van der Waals surface area (Å²) >= 11 is 0. The minimum atomic E-state index is -0.771. The predicted octanol–water partition coefficient (Wildman–Crippen LogP) is 23.8. The molecule has 0 aliphatic rings. The molecule has 0 heterocycles. The topological polar surface area (TPSA) is 78.9 Å². The van der Waals surface area contributed by atoms with E-state index in [9.17, 15) is 14.4 Å². The van der Waals surface area contributed by atoms with Gasteiger partial charge in [-0.15, -0.1) is 0 Å². The van der Waals surface area contributed by atoms with Crippen LogP contribution in [0, 0.1) is 0 Å². The molecule has 1 atom stereocenters. The summed E-state index contributed by atoms with van der Waals surface area (Å²) in [4.78, 5) is 38.4. The smallest absolute Gasteiger partial charge is 0.306 e. The van der Waals surface area contributed by atoms with Crippen molar-refractivity contribution in [3.8, 4) is 0 Å². The van der Waals surface area contributed by atoms with E-state index in [1.807, 2.05) is 0 Å². The van der Waals surface area contributed by atoms with Gasteiger partial charge in [0.2, 0.25) is 0 Å². The van der Waals surface area contributed by atoms with Crippen molar-refractivity contribution in [2.75, 3.05) is 13.2 Å². The van der Waals surface area contributed by atoms with Crippen LogP contribution in [-0.2, 0) is 28.6 Å². The first kappa shape index (κ1) is 74.9. The molecule has 6 heteroatoms. The lowest BCUT2D eigenvalue weighted by Gasteiger charge is -2.18. The van der Waals surface area contributed by atoms with Crippen LogP contribution >= 0.6 is 0 Å². The molecule has 0 radical (unpaired) electrons. The Hall–Kier alpha value is -2.11. The zero-order chi connectivity index (χ0) is 55.7. The summed E-state index contributed by atoms with van der Waals surface area (Å²) in [6.45, 7) is 6.71. The van der Waals surface area contributed by atoms with E-state index in [0.717, 1.165) is 70.6 Å². The van der Waals surface area contributed by atoms with Gasteiger partial charge in [-0.2, -0.15) is 0 Å². The highest BCUT2D eigenvalue weighted by Crippen LogP contribution is 2.19. The maximum atomic E-state index is 13.0. The van der Waals surface area contributed by atoms with Gasteiger partial charge in [0.25, 0.3) is 0 Å². The van der Waals surface area contributed by atoms with E-state index in [2.05, 4.69) is 45.1 Å². The van der Waals surface area contributed by atoms with Gasteiger partial charge in [-0.25, -0.2) is 0 Å². The lowest BCUT2D eigenvalue weighted by molar-refractivity contribution is -0.167. The fourth-order valence-electron chi connectivity index (χ4n) is 10.7. The minimum absolute atomic E-state index is 0.0671. The minimum Gasteiger partial charge on any atom is -0.462 e. The van der Waals surface area contributed by atoms with Crippen LogP contribution in [0.15, 0.2) is 24.3 Å². The standard InChI is InChI=1S/C71H134O6/c1-4-7-10-13-16-19-22-25-28-31-34-36-38-40-43-46-49-52-55-58-61-64-70(73)76-67-68(66-75-69(72)63-60-57-54-51-48-45-42-39-33-30-27-24-21-18-15-12-9-6-3)77-71(74)65-62-59-56-53-50-47-44-41-37-35-32-29-26-23-20-17-14-11-8-5-2/h21,24,30,33,68H,4-20,22-23,25-29,31-32,34-67H2,1-3H3/b24-21-,33-30-. The Balaban J connectivity index is 4.30. The van der Waals surface area contributed by atoms with Gasteiger partial charge in [0, 0.05) is 19.3 Å². The Bertz CT molecular complexity index is 1240. The van der Waals surface area contributed by atoms with Gasteiger partial charge in [-0.05, 0) is 51.4 Å². The van der Waals surface area contributed by atoms with Crippen molar-refractivity contribution in [2.45, 2.75) is 399 Å². The van der Waals surface area contributed by atoms with Crippen LogP contribution in [0.1, 0.15) is 393 Å². The first-order chi connectivity index (χ1) is 38.0. The van der Waals surface area contributed by atoms with Gasteiger partial charge in [0.15, 0.2) is 6.10 Å². The van der Waals surface area contributed by atoms with Gasteiger partial charge >= 0.3 is 17.9 Å². The molecule has 1 unspecified atom stereocenters. The lowest BCUT2D eigenvalue weighted by atomic mass is 10.0. The molecule has 0 rings (SSSR count). The first-order valence-corrected chi connectivity index (χ1v) is 34.8. The molecule has 0 N–H and O–H groups in total. The van der Waals surface area contributed by atoms with Crippen molar-refractivity contribution >= 4 is 17.9 Å². The second-order valence-corrected chi connectivity index (χ2v) is 23.8. The number of unbranched alkanes of at least 4 members (excludes halogenated alkanes) is 50. The van der Waals surface area contributed by atoms with E-state index in [1.165, 1.54) is 283 Å². The van der Waals surface area contributed by atoms with Crippen LogP contribution in [0.2, 0.25) is 0 Å². The fourth-order valence-corrected chi connectivity index (χ4v) is 10.7. The molecular weight excluding hydrogens is 949 g/mol. The number of hydrogen-bond acceptors (Lipinski definition) is 6. The second-order valence-electron chi connectivity index (χ2n) is 23.8. The highest BCUT2D eigenvalue weighted by molar-refractivity contribution is 5.71. The number of carbonyl (C=O) groups is 3. The van der Waals surface area contributed by atoms with Crippen molar-refractivity contribution in [1.82, 2.24) is 0 Å². The van der Waals surface area contributed by atoms with Crippen LogP contribution < -0.4 is 0 Å². The van der Waals surface area contributed by atoms with Crippen molar-refractivity contribution in [3.05, 3.63) is 24.3 Å². The number of allylic oxidation sites excluding steroid dienone is 4. The predicted molar refractivity (Wildman–Crippen MR) is 335 cm³/mol. The van der Waals surface area contributed by atoms with E-state index in [4.69, 9.17) is 14.2 Å². The molecule has 0 aliphatic carbocycles. The molecule has 0 aromatic rings. The fraction of sp³-hybridized carbons (Fsp3) is 0.901. The van der Waals surface area contributed by atoms with Crippen LogP contribution in [-0.4, -0.2) is 37.2 Å². The third-order valence-corrected chi connectivity index (χ3v) is 16.0. The maximum absolute atomic E-state index is 13.0. The molecule has 0 saturated heterocycles. The summed E-state index contributed by atoms with van der Waals surface area (Å²) in [5.41, 5.74) is 0. The molecule has 0 aromatic heterocycles. The number of hydrogen-bond donors (Lipinski definition) is 0. The number of rotatable bonds is 65. The van der Waals surface area contributed by atoms with Crippen molar-refractivity contribution in [3.63, 3.8) is 0 Å². The molecule has 0 fully saturated rings. The quantitative estimate of drug-likeness (QED) is 0.0261. The van der Waals surface area contributed by atoms with E-state index in [-0.39, 0.29) is 31.1 Å². The Labute approximate surface area is 481 Å². The normalized spacial score (nSPS) is 12.1. The second kappa shape index (κ2) is 66.4. The summed E-state index contributed by atoms with van der Waals surface area (Å²) in [6, 6.07) is 0. The number of esters is 3. The summed E-state index contributed by atoms with van der Waals surface area (Å²) in [7, 11) is 0. The largest absolute Gasteiger partial charge is 0.462 e. The molecule has 0 saturated carbocycles. The molecule has 0 amide bonds. The Kier molecular flexibility index (Phi) is 64.6. The zero-order valence-corrected chi connectivity index (χ0v) is 52.3. The summed E-state index contributed by atoms with van der Waals surface area (Å²) in [5, 5.41) is 0. The number of carbonyl (C=O) groups excluding carboxylic acids is 3. The third-order valence-electron chi connectivity index (χ3n) is 16.0. The number of ether oxygens (including phenoxy) is 3. The Morgan fingerprint density at radius 1 is 0.260 bits per heavy atom. The summed E-state index contributed by atoms with van der Waals surface area (Å²) < 4.78 is 17.0. The average Bonchev–Trinajstić information content (AvgIpc) is 3.43. The van der Waals surface area contributed by atoms with Crippen molar-refractivity contribution in [2.24, 2.45) is 0 Å². The van der Waals surface area contributed by atoms with Crippen LogP contribution in [0.5, 0.6) is 0 Å². The molecule has 0 aliphatic heterocycles. The molecule has 454 valence electrons.